The molecular weight excluding hydrogens is 327 g/mol. The quantitative estimate of drug-likeness (QED) is 0.667. The topological polar surface area (TPSA) is 65.0 Å². The van der Waals surface area contributed by atoms with Gasteiger partial charge in [-0.2, -0.15) is 0 Å². The van der Waals surface area contributed by atoms with Crippen molar-refractivity contribution in [3.05, 3.63) is 59.9 Å². The van der Waals surface area contributed by atoms with E-state index >= 15 is 0 Å². The zero-order valence-electron chi connectivity index (χ0n) is 14.0. The minimum atomic E-state index is -0.982. The molecule has 1 atom stereocenters. The maximum atomic E-state index is 12.8. The smallest absolute Gasteiger partial charge is 0.333 e. The monoisotopic (exact) mass is 348 g/mol. The molecule has 0 aliphatic rings. The number of hydrogen-bond acceptors (Lipinski definition) is 4. The minimum absolute atomic E-state index is 0.292. The molecule has 1 N–H and O–H groups in total. The molecule has 0 bridgehead atoms. The molecule has 134 valence electrons. The fourth-order valence-electron chi connectivity index (χ4n) is 2.18. The average molecular weight is 348 g/mol. The van der Waals surface area contributed by atoms with E-state index in [4.69, 9.17) is 19.3 Å². The van der Waals surface area contributed by atoms with Gasteiger partial charge in [0.1, 0.15) is 17.3 Å². The molecule has 0 aliphatic heterocycles. The predicted octanol–water partition coefficient (Wildman–Crippen LogP) is 3.32. The number of ether oxygens (including phenoxy) is 3. The molecule has 0 amide bonds. The Labute approximate surface area is 146 Å². The van der Waals surface area contributed by atoms with Crippen LogP contribution in [-0.2, 0) is 16.0 Å². The van der Waals surface area contributed by atoms with Crippen molar-refractivity contribution >= 4 is 5.97 Å². The highest BCUT2D eigenvalue weighted by Gasteiger charge is 2.16. The van der Waals surface area contributed by atoms with E-state index in [0.717, 1.165) is 5.56 Å². The molecule has 0 radical (unpaired) electrons. The number of aliphatic carboxylic acids is 1. The zero-order valence-corrected chi connectivity index (χ0v) is 14.0. The van der Waals surface area contributed by atoms with Crippen molar-refractivity contribution in [2.75, 3.05) is 20.3 Å². The minimum Gasteiger partial charge on any atom is -0.493 e. The van der Waals surface area contributed by atoms with Crippen molar-refractivity contribution in [1.29, 1.82) is 0 Å². The Kier molecular flexibility index (Phi) is 7.22. The summed E-state index contributed by atoms with van der Waals surface area (Å²) in [5.41, 5.74) is 0.862. The van der Waals surface area contributed by atoms with Gasteiger partial charge in [0, 0.05) is 20.0 Å². The standard InChI is InChI=1S/C19H21FO5/c1-23-18(19(21)22)13-14-3-7-16(8-4-14)24-11-2-12-25-17-9-5-15(20)6-10-17/h3-10,18H,2,11-13H2,1H3,(H,21,22)/t18-/m0/s1. The Morgan fingerprint density at radius 1 is 1.00 bits per heavy atom. The van der Waals surface area contributed by atoms with E-state index in [1.165, 1.54) is 19.2 Å². The fourth-order valence-corrected chi connectivity index (χ4v) is 2.18. The molecular formula is C19H21FO5. The first-order valence-electron chi connectivity index (χ1n) is 7.94. The first-order valence-corrected chi connectivity index (χ1v) is 7.94. The number of benzene rings is 2. The van der Waals surface area contributed by atoms with Gasteiger partial charge in [0.05, 0.1) is 13.2 Å². The third-order valence-corrected chi connectivity index (χ3v) is 3.54. The molecule has 0 unspecified atom stereocenters. The van der Waals surface area contributed by atoms with E-state index in [0.29, 0.717) is 37.6 Å². The molecule has 0 saturated carbocycles. The van der Waals surface area contributed by atoms with Gasteiger partial charge in [0.15, 0.2) is 6.10 Å². The first kappa shape index (κ1) is 18.7. The predicted molar refractivity (Wildman–Crippen MR) is 90.6 cm³/mol. The summed E-state index contributed by atoms with van der Waals surface area (Å²) in [7, 11) is 1.38. The summed E-state index contributed by atoms with van der Waals surface area (Å²) >= 11 is 0. The van der Waals surface area contributed by atoms with Gasteiger partial charge in [-0.3, -0.25) is 0 Å². The Balaban J connectivity index is 1.69. The fraction of sp³-hybridized carbons (Fsp3) is 0.316. The van der Waals surface area contributed by atoms with E-state index < -0.39 is 12.1 Å². The summed E-state index contributed by atoms with van der Waals surface area (Å²) in [5.74, 6) is 0.0509. The number of hydrogen-bond donors (Lipinski definition) is 1. The van der Waals surface area contributed by atoms with E-state index in [-0.39, 0.29) is 5.82 Å². The maximum absolute atomic E-state index is 12.8. The number of rotatable bonds is 10. The van der Waals surface area contributed by atoms with Gasteiger partial charge in [-0.05, 0) is 42.0 Å². The summed E-state index contributed by atoms with van der Waals surface area (Å²) in [6, 6.07) is 13.1. The van der Waals surface area contributed by atoms with Crippen LogP contribution in [0.5, 0.6) is 11.5 Å². The lowest BCUT2D eigenvalue weighted by molar-refractivity contribution is -0.148. The Hall–Kier alpha value is -2.60. The summed E-state index contributed by atoms with van der Waals surface area (Å²) in [6.07, 6.45) is 0.136. The second-order valence-corrected chi connectivity index (χ2v) is 5.42. The van der Waals surface area contributed by atoms with Crippen LogP contribution in [0.15, 0.2) is 48.5 Å². The summed E-state index contributed by atoms with van der Waals surface area (Å²) < 4.78 is 28.8. The van der Waals surface area contributed by atoms with Gasteiger partial charge >= 0.3 is 5.97 Å². The molecule has 0 aliphatic carbocycles. The Morgan fingerprint density at radius 3 is 2.00 bits per heavy atom. The van der Waals surface area contributed by atoms with Crippen molar-refractivity contribution < 1.29 is 28.5 Å². The van der Waals surface area contributed by atoms with Crippen LogP contribution in [0.4, 0.5) is 4.39 Å². The highest BCUT2D eigenvalue weighted by molar-refractivity contribution is 5.72. The highest BCUT2D eigenvalue weighted by Crippen LogP contribution is 2.15. The molecule has 0 aromatic heterocycles. The normalized spacial score (nSPS) is 11.8. The van der Waals surface area contributed by atoms with Gasteiger partial charge in [0.25, 0.3) is 0 Å². The van der Waals surface area contributed by atoms with E-state index in [9.17, 15) is 9.18 Å². The summed E-state index contributed by atoms with van der Waals surface area (Å²) in [6.45, 7) is 0.953. The van der Waals surface area contributed by atoms with Gasteiger partial charge < -0.3 is 19.3 Å². The van der Waals surface area contributed by atoms with Crippen LogP contribution in [-0.4, -0.2) is 37.5 Å². The zero-order chi connectivity index (χ0) is 18.1. The van der Waals surface area contributed by atoms with E-state index in [2.05, 4.69) is 0 Å². The van der Waals surface area contributed by atoms with Crippen LogP contribution < -0.4 is 9.47 Å². The number of carbonyl (C=O) groups is 1. The average Bonchev–Trinajstić information content (AvgIpc) is 2.62. The van der Waals surface area contributed by atoms with Crippen molar-refractivity contribution in [3.8, 4) is 11.5 Å². The van der Waals surface area contributed by atoms with Crippen molar-refractivity contribution in [1.82, 2.24) is 0 Å². The molecule has 0 heterocycles. The third-order valence-electron chi connectivity index (χ3n) is 3.54. The highest BCUT2D eigenvalue weighted by atomic mass is 19.1. The largest absolute Gasteiger partial charge is 0.493 e. The molecule has 0 fully saturated rings. The Bertz CT molecular complexity index is 655. The third kappa shape index (κ3) is 6.43. The van der Waals surface area contributed by atoms with Crippen LogP contribution in [0.3, 0.4) is 0 Å². The van der Waals surface area contributed by atoms with Crippen LogP contribution >= 0.6 is 0 Å². The summed E-state index contributed by atoms with van der Waals surface area (Å²) in [5, 5.41) is 8.97. The number of carboxylic acid groups (broad SMARTS) is 1. The lowest BCUT2D eigenvalue weighted by Crippen LogP contribution is -2.24. The number of methoxy groups -OCH3 is 1. The van der Waals surface area contributed by atoms with E-state index in [1.54, 1.807) is 24.3 Å². The molecule has 6 heteroatoms. The summed E-state index contributed by atoms with van der Waals surface area (Å²) in [4.78, 5) is 10.9. The van der Waals surface area contributed by atoms with Gasteiger partial charge in [-0.1, -0.05) is 12.1 Å². The van der Waals surface area contributed by atoms with Crippen LogP contribution in [0, 0.1) is 5.82 Å². The van der Waals surface area contributed by atoms with Crippen LogP contribution in [0.25, 0.3) is 0 Å². The van der Waals surface area contributed by atoms with E-state index in [1.807, 2.05) is 12.1 Å². The van der Waals surface area contributed by atoms with Crippen LogP contribution in [0.2, 0.25) is 0 Å². The van der Waals surface area contributed by atoms with Crippen molar-refractivity contribution in [2.24, 2.45) is 0 Å². The number of carboxylic acids is 1. The second kappa shape index (κ2) is 9.64. The molecule has 0 saturated heterocycles. The molecule has 25 heavy (non-hydrogen) atoms. The molecule has 2 aromatic rings. The van der Waals surface area contributed by atoms with Crippen molar-refractivity contribution in [2.45, 2.75) is 18.9 Å². The SMILES string of the molecule is CO[C@@H](Cc1ccc(OCCCOc2ccc(F)cc2)cc1)C(=O)O. The molecule has 2 aromatic carbocycles. The van der Waals surface area contributed by atoms with Gasteiger partial charge in [-0.15, -0.1) is 0 Å². The lowest BCUT2D eigenvalue weighted by atomic mass is 10.1. The van der Waals surface area contributed by atoms with Gasteiger partial charge in [0.2, 0.25) is 0 Å². The molecule has 5 nitrogen and oxygen atoms in total. The maximum Gasteiger partial charge on any atom is 0.333 e. The molecule has 2 rings (SSSR count). The van der Waals surface area contributed by atoms with Crippen LogP contribution in [0.1, 0.15) is 12.0 Å². The lowest BCUT2D eigenvalue weighted by Gasteiger charge is -2.11. The number of halogens is 1. The van der Waals surface area contributed by atoms with Gasteiger partial charge in [-0.25, -0.2) is 9.18 Å². The van der Waals surface area contributed by atoms with Crippen molar-refractivity contribution in [3.63, 3.8) is 0 Å². The second-order valence-electron chi connectivity index (χ2n) is 5.42. The Morgan fingerprint density at radius 2 is 1.52 bits per heavy atom. The first-order chi connectivity index (χ1) is 12.1. The molecule has 0 spiro atoms.